The maximum atomic E-state index is 15.0. The van der Waals surface area contributed by atoms with E-state index >= 15 is 4.39 Å². The lowest BCUT2D eigenvalue weighted by Crippen LogP contribution is -2.19. The summed E-state index contributed by atoms with van der Waals surface area (Å²) in [5.74, 6) is -0.356. The number of ether oxygens (including phenoxy) is 2. The highest BCUT2D eigenvalue weighted by Crippen LogP contribution is 2.24. The lowest BCUT2D eigenvalue weighted by atomic mass is 10.1. The molecule has 3 aromatic carbocycles. The SMILES string of the molecule is Cl.Cl.Fc1cc(C2=NCCN2)ccc1OCc1cccc(COc2ccc(C3=NCCN3)cc2F)c1F. The first-order valence-electron chi connectivity index (χ1n) is 11.3. The molecule has 196 valence electrons. The fourth-order valence-corrected chi connectivity index (χ4v) is 3.88. The Hall–Kier alpha value is -3.43. The summed E-state index contributed by atoms with van der Waals surface area (Å²) in [4.78, 5) is 8.53. The van der Waals surface area contributed by atoms with Gasteiger partial charge in [-0.2, -0.15) is 0 Å². The van der Waals surface area contributed by atoms with Crippen molar-refractivity contribution in [2.75, 3.05) is 26.2 Å². The average Bonchev–Trinajstić information content (AvgIpc) is 3.59. The van der Waals surface area contributed by atoms with Crippen molar-refractivity contribution in [2.24, 2.45) is 9.98 Å². The molecule has 0 aliphatic carbocycles. The Morgan fingerprint density at radius 1 is 0.676 bits per heavy atom. The molecular formula is C26H25Cl2F3N4O2. The third kappa shape index (κ3) is 6.47. The lowest BCUT2D eigenvalue weighted by Gasteiger charge is -2.13. The van der Waals surface area contributed by atoms with Crippen LogP contribution in [0.15, 0.2) is 64.6 Å². The van der Waals surface area contributed by atoms with E-state index in [1.54, 1.807) is 30.3 Å². The molecule has 0 unspecified atom stereocenters. The number of hydrogen-bond donors (Lipinski definition) is 2. The predicted molar refractivity (Wildman–Crippen MR) is 141 cm³/mol. The lowest BCUT2D eigenvalue weighted by molar-refractivity contribution is 0.274. The van der Waals surface area contributed by atoms with Crippen LogP contribution in [0.2, 0.25) is 0 Å². The molecule has 11 heteroatoms. The van der Waals surface area contributed by atoms with Crippen molar-refractivity contribution in [2.45, 2.75) is 13.2 Å². The molecule has 2 N–H and O–H groups in total. The van der Waals surface area contributed by atoms with Gasteiger partial charge in [0.05, 0.1) is 13.1 Å². The minimum Gasteiger partial charge on any atom is -0.486 e. The van der Waals surface area contributed by atoms with Gasteiger partial charge in [-0.25, -0.2) is 13.2 Å². The standard InChI is InChI=1S/C26H23F3N4O2.2ClH/c27-20-12-16(25-30-8-9-31-25)4-6-22(20)34-14-18-2-1-3-19(24(18)29)15-35-23-7-5-17(13-21(23)28)26-32-10-11-33-26;;/h1-7,12-13H,8-11,14-15H2,(H,30,31)(H,32,33);2*1H. The van der Waals surface area contributed by atoms with E-state index in [1.807, 2.05) is 0 Å². The Bertz CT molecular complexity index is 1230. The quantitative estimate of drug-likeness (QED) is 0.421. The maximum absolute atomic E-state index is 15.0. The second-order valence-corrected chi connectivity index (χ2v) is 8.07. The summed E-state index contributed by atoms with van der Waals surface area (Å²) in [6.45, 7) is 2.40. The van der Waals surface area contributed by atoms with Gasteiger partial charge in [0.1, 0.15) is 30.7 Å². The summed E-state index contributed by atoms with van der Waals surface area (Å²) < 4.78 is 55.1. The Morgan fingerprint density at radius 2 is 1.14 bits per heavy atom. The van der Waals surface area contributed by atoms with E-state index in [0.29, 0.717) is 35.9 Å². The summed E-state index contributed by atoms with van der Waals surface area (Å²) in [5, 5.41) is 6.17. The maximum Gasteiger partial charge on any atom is 0.165 e. The van der Waals surface area contributed by atoms with Crippen LogP contribution in [0, 0.1) is 17.5 Å². The van der Waals surface area contributed by atoms with Gasteiger partial charge in [-0.3, -0.25) is 9.98 Å². The summed E-state index contributed by atoms with van der Waals surface area (Å²) in [6, 6.07) is 13.8. The molecule has 2 heterocycles. The largest absolute Gasteiger partial charge is 0.486 e. The number of rotatable bonds is 8. The van der Waals surface area contributed by atoms with Crippen molar-refractivity contribution in [1.82, 2.24) is 10.6 Å². The zero-order chi connectivity index (χ0) is 24.2. The number of amidine groups is 2. The van der Waals surface area contributed by atoms with E-state index < -0.39 is 17.5 Å². The molecule has 5 rings (SSSR count). The van der Waals surface area contributed by atoms with E-state index in [0.717, 1.165) is 13.1 Å². The first-order chi connectivity index (χ1) is 17.1. The van der Waals surface area contributed by atoms with E-state index in [2.05, 4.69) is 20.6 Å². The van der Waals surface area contributed by atoms with Gasteiger partial charge in [-0.05, 0) is 36.4 Å². The van der Waals surface area contributed by atoms with Gasteiger partial charge in [-0.1, -0.05) is 18.2 Å². The Morgan fingerprint density at radius 3 is 1.51 bits per heavy atom. The second kappa shape index (κ2) is 12.7. The van der Waals surface area contributed by atoms with Crippen molar-refractivity contribution >= 4 is 36.5 Å². The highest BCUT2D eigenvalue weighted by atomic mass is 35.5. The van der Waals surface area contributed by atoms with E-state index in [4.69, 9.17) is 9.47 Å². The van der Waals surface area contributed by atoms with Crippen molar-refractivity contribution in [3.63, 3.8) is 0 Å². The van der Waals surface area contributed by atoms with Crippen molar-refractivity contribution in [3.8, 4) is 11.5 Å². The van der Waals surface area contributed by atoms with Gasteiger partial charge >= 0.3 is 0 Å². The topological polar surface area (TPSA) is 67.2 Å². The summed E-state index contributed by atoms with van der Waals surface area (Å²) >= 11 is 0. The van der Waals surface area contributed by atoms with Crippen molar-refractivity contribution in [3.05, 3.63) is 94.3 Å². The molecule has 0 saturated carbocycles. The molecule has 2 aliphatic rings. The number of nitrogens with zero attached hydrogens (tertiary/aromatic N) is 2. The molecule has 0 atom stereocenters. The van der Waals surface area contributed by atoms with Gasteiger partial charge in [0, 0.05) is 35.3 Å². The molecule has 0 aromatic heterocycles. The minimum absolute atomic E-state index is 0. The highest BCUT2D eigenvalue weighted by Gasteiger charge is 2.15. The number of benzene rings is 3. The molecule has 0 amide bonds. The molecule has 0 radical (unpaired) electrons. The van der Waals surface area contributed by atoms with Gasteiger partial charge < -0.3 is 20.1 Å². The normalized spacial score (nSPS) is 13.9. The average molecular weight is 553 g/mol. The van der Waals surface area contributed by atoms with E-state index in [-0.39, 0.29) is 60.7 Å². The van der Waals surface area contributed by atoms with Crippen LogP contribution in [0.25, 0.3) is 0 Å². The van der Waals surface area contributed by atoms with Crippen molar-refractivity contribution in [1.29, 1.82) is 0 Å². The summed E-state index contributed by atoms with van der Waals surface area (Å²) in [5.41, 5.74) is 1.73. The smallest absolute Gasteiger partial charge is 0.165 e. The van der Waals surface area contributed by atoms with Crippen LogP contribution in [-0.4, -0.2) is 37.9 Å². The van der Waals surface area contributed by atoms with Gasteiger partial charge in [-0.15, -0.1) is 24.8 Å². The van der Waals surface area contributed by atoms with Crippen LogP contribution in [0.3, 0.4) is 0 Å². The first kappa shape index (κ1) is 28.1. The molecule has 0 saturated heterocycles. The molecule has 6 nitrogen and oxygen atoms in total. The number of aliphatic imine (C=N–C) groups is 2. The zero-order valence-electron chi connectivity index (χ0n) is 19.6. The molecule has 0 bridgehead atoms. The van der Waals surface area contributed by atoms with Gasteiger partial charge in [0.2, 0.25) is 0 Å². The predicted octanol–water partition coefficient (Wildman–Crippen LogP) is 4.81. The fourth-order valence-electron chi connectivity index (χ4n) is 3.88. The van der Waals surface area contributed by atoms with Crippen LogP contribution in [-0.2, 0) is 13.2 Å². The molecular weight excluding hydrogens is 528 g/mol. The Kier molecular flexibility index (Phi) is 9.66. The van der Waals surface area contributed by atoms with Crippen LogP contribution in [0.5, 0.6) is 11.5 Å². The second-order valence-electron chi connectivity index (χ2n) is 8.07. The molecule has 0 fully saturated rings. The Labute approximate surface area is 224 Å². The third-order valence-corrected chi connectivity index (χ3v) is 5.68. The number of hydrogen-bond acceptors (Lipinski definition) is 6. The summed E-state index contributed by atoms with van der Waals surface area (Å²) in [6.07, 6.45) is 0. The molecule has 3 aromatic rings. The Balaban J connectivity index is 0.00000190. The summed E-state index contributed by atoms with van der Waals surface area (Å²) in [7, 11) is 0. The molecule has 0 spiro atoms. The highest BCUT2D eigenvalue weighted by molar-refractivity contribution is 6.00. The number of nitrogens with one attached hydrogen (secondary N) is 2. The minimum atomic E-state index is -0.559. The first-order valence-corrected chi connectivity index (χ1v) is 11.3. The number of halogens is 5. The zero-order valence-corrected chi connectivity index (χ0v) is 21.2. The monoisotopic (exact) mass is 552 g/mol. The third-order valence-electron chi connectivity index (χ3n) is 5.68. The van der Waals surface area contributed by atoms with E-state index in [1.165, 1.54) is 24.3 Å². The van der Waals surface area contributed by atoms with Crippen LogP contribution in [0.1, 0.15) is 22.3 Å². The van der Waals surface area contributed by atoms with Crippen LogP contribution >= 0.6 is 24.8 Å². The van der Waals surface area contributed by atoms with Gasteiger partial charge in [0.15, 0.2) is 23.1 Å². The molecule has 2 aliphatic heterocycles. The van der Waals surface area contributed by atoms with E-state index in [9.17, 15) is 8.78 Å². The van der Waals surface area contributed by atoms with Crippen LogP contribution in [0.4, 0.5) is 13.2 Å². The van der Waals surface area contributed by atoms with Gasteiger partial charge in [0.25, 0.3) is 0 Å². The van der Waals surface area contributed by atoms with Crippen molar-refractivity contribution < 1.29 is 22.6 Å². The molecule has 37 heavy (non-hydrogen) atoms. The fraction of sp³-hybridized carbons (Fsp3) is 0.231. The van der Waals surface area contributed by atoms with Crippen LogP contribution < -0.4 is 20.1 Å².